The number of rotatable bonds is 5. The van der Waals surface area contributed by atoms with Crippen molar-refractivity contribution in [3.05, 3.63) is 42.5 Å². The van der Waals surface area contributed by atoms with Crippen molar-refractivity contribution in [1.29, 1.82) is 0 Å². The zero-order valence-electron chi connectivity index (χ0n) is 11.1. The molecule has 2 aromatic carbocycles. The fraction of sp³-hybridized carbons (Fsp3) is 0.200. The summed E-state index contributed by atoms with van der Waals surface area (Å²) >= 11 is 0. The molecule has 0 heterocycles. The van der Waals surface area contributed by atoms with Gasteiger partial charge in [-0.15, -0.1) is 0 Å². The Kier molecular flexibility index (Phi) is 4.13. The molecule has 0 aliphatic carbocycles. The SMILES string of the molecule is COc1cc(OC)c(Oc2c[c]ccc2)c(OC)c1. The Hall–Kier alpha value is -2.36. The van der Waals surface area contributed by atoms with Crippen LogP contribution in [0, 0.1) is 6.07 Å². The van der Waals surface area contributed by atoms with Crippen LogP contribution in [0.4, 0.5) is 0 Å². The molecule has 0 fully saturated rings. The average Bonchev–Trinajstić information content (AvgIpc) is 2.48. The van der Waals surface area contributed by atoms with Gasteiger partial charge in [0.15, 0.2) is 11.5 Å². The van der Waals surface area contributed by atoms with Crippen molar-refractivity contribution < 1.29 is 18.9 Å². The van der Waals surface area contributed by atoms with Crippen molar-refractivity contribution in [1.82, 2.24) is 0 Å². The van der Waals surface area contributed by atoms with E-state index in [1.54, 1.807) is 45.6 Å². The van der Waals surface area contributed by atoms with E-state index in [1.165, 1.54) is 0 Å². The molecule has 0 aromatic heterocycles. The second kappa shape index (κ2) is 6.00. The fourth-order valence-electron chi connectivity index (χ4n) is 1.63. The second-order valence-corrected chi connectivity index (χ2v) is 3.70. The Morgan fingerprint density at radius 3 is 2.05 bits per heavy atom. The summed E-state index contributed by atoms with van der Waals surface area (Å²) in [7, 11) is 4.72. The van der Waals surface area contributed by atoms with Crippen LogP contribution in [0.2, 0.25) is 0 Å². The quantitative estimate of drug-likeness (QED) is 0.825. The Morgan fingerprint density at radius 1 is 0.895 bits per heavy atom. The first-order chi connectivity index (χ1) is 9.28. The molecule has 0 saturated carbocycles. The predicted molar refractivity (Wildman–Crippen MR) is 71.5 cm³/mol. The predicted octanol–water partition coefficient (Wildman–Crippen LogP) is 3.30. The van der Waals surface area contributed by atoms with Crippen molar-refractivity contribution in [3.8, 4) is 28.7 Å². The number of benzene rings is 2. The van der Waals surface area contributed by atoms with Gasteiger partial charge in [0.25, 0.3) is 0 Å². The highest BCUT2D eigenvalue weighted by Gasteiger charge is 2.15. The van der Waals surface area contributed by atoms with E-state index in [1.807, 2.05) is 12.1 Å². The van der Waals surface area contributed by atoms with Gasteiger partial charge >= 0.3 is 0 Å². The van der Waals surface area contributed by atoms with E-state index in [-0.39, 0.29) is 0 Å². The first-order valence-corrected chi connectivity index (χ1v) is 5.72. The van der Waals surface area contributed by atoms with Gasteiger partial charge in [-0.1, -0.05) is 12.1 Å². The normalized spacial score (nSPS) is 9.84. The van der Waals surface area contributed by atoms with Gasteiger partial charge in [-0.05, 0) is 18.2 Å². The molecule has 0 saturated heterocycles. The molecule has 0 unspecified atom stereocenters. The van der Waals surface area contributed by atoms with Crippen LogP contribution in [0.25, 0.3) is 0 Å². The number of methoxy groups -OCH3 is 3. The standard InChI is InChI=1S/C15H15O4/c1-16-12-9-13(17-2)15(14(10-12)18-3)19-11-7-5-4-6-8-11/h4-5,7-10H,1-3H3. The van der Waals surface area contributed by atoms with Crippen LogP contribution in [0.1, 0.15) is 0 Å². The molecule has 0 N–H and O–H groups in total. The van der Waals surface area contributed by atoms with Gasteiger partial charge in [0.05, 0.1) is 21.3 Å². The molecule has 0 atom stereocenters. The van der Waals surface area contributed by atoms with Crippen LogP contribution >= 0.6 is 0 Å². The van der Waals surface area contributed by atoms with E-state index in [0.29, 0.717) is 28.7 Å². The summed E-state index contributed by atoms with van der Waals surface area (Å²) in [5.74, 6) is 2.88. The molecule has 0 aliphatic heterocycles. The van der Waals surface area contributed by atoms with E-state index in [9.17, 15) is 0 Å². The lowest BCUT2D eigenvalue weighted by molar-refractivity contribution is 0.337. The highest BCUT2D eigenvalue weighted by Crippen LogP contribution is 2.43. The maximum Gasteiger partial charge on any atom is 0.211 e. The molecule has 0 spiro atoms. The van der Waals surface area contributed by atoms with Crippen molar-refractivity contribution in [2.45, 2.75) is 0 Å². The summed E-state index contributed by atoms with van der Waals surface area (Å²) < 4.78 is 21.6. The van der Waals surface area contributed by atoms with Crippen molar-refractivity contribution in [2.75, 3.05) is 21.3 Å². The Labute approximate surface area is 112 Å². The smallest absolute Gasteiger partial charge is 0.211 e. The van der Waals surface area contributed by atoms with Crippen molar-refractivity contribution >= 4 is 0 Å². The third-order valence-electron chi connectivity index (χ3n) is 2.57. The maximum absolute atomic E-state index is 5.79. The molecular formula is C15H15O4. The highest BCUT2D eigenvalue weighted by atomic mass is 16.5. The summed E-state index contributed by atoms with van der Waals surface area (Å²) in [6.07, 6.45) is 0. The lowest BCUT2D eigenvalue weighted by Crippen LogP contribution is -1.96. The number of ether oxygens (including phenoxy) is 4. The van der Waals surface area contributed by atoms with E-state index in [0.717, 1.165) is 0 Å². The molecule has 1 radical (unpaired) electrons. The first kappa shape index (κ1) is 13.1. The molecule has 0 amide bonds. The summed E-state index contributed by atoms with van der Waals surface area (Å²) in [6, 6.07) is 13.6. The molecule has 0 aliphatic rings. The highest BCUT2D eigenvalue weighted by molar-refractivity contribution is 5.57. The fourth-order valence-corrected chi connectivity index (χ4v) is 1.63. The average molecular weight is 259 g/mol. The van der Waals surface area contributed by atoms with Gasteiger partial charge in [0, 0.05) is 12.1 Å². The molecule has 4 nitrogen and oxygen atoms in total. The van der Waals surface area contributed by atoms with Gasteiger partial charge in [0.2, 0.25) is 5.75 Å². The molecular weight excluding hydrogens is 244 g/mol. The minimum atomic E-state index is 0.505. The van der Waals surface area contributed by atoms with Crippen molar-refractivity contribution in [3.63, 3.8) is 0 Å². The zero-order chi connectivity index (χ0) is 13.7. The van der Waals surface area contributed by atoms with Gasteiger partial charge in [0.1, 0.15) is 11.5 Å². The Balaban J connectivity index is 2.42. The molecule has 2 rings (SSSR count). The minimum absolute atomic E-state index is 0.505. The van der Waals surface area contributed by atoms with Crippen molar-refractivity contribution in [2.24, 2.45) is 0 Å². The van der Waals surface area contributed by atoms with Gasteiger partial charge in [-0.3, -0.25) is 0 Å². The summed E-state index contributed by atoms with van der Waals surface area (Å²) in [4.78, 5) is 0. The monoisotopic (exact) mass is 259 g/mol. The van der Waals surface area contributed by atoms with E-state index in [2.05, 4.69) is 6.07 Å². The molecule has 19 heavy (non-hydrogen) atoms. The Morgan fingerprint density at radius 2 is 1.58 bits per heavy atom. The number of hydrogen-bond acceptors (Lipinski definition) is 4. The molecule has 0 bridgehead atoms. The topological polar surface area (TPSA) is 36.9 Å². The van der Waals surface area contributed by atoms with E-state index < -0.39 is 0 Å². The van der Waals surface area contributed by atoms with E-state index in [4.69, 9.17) is 18.9 Å². The van der Waals surface area contributed by atoms with Crippen LogP contribution in [0.3, 0.4) is 0 Å². The third kappa shape index (κ3) is 2.91. The zero-order valence-corrected chi connectivity index (χ0v) is 11.1. The van der Waals surface area contributed by atoms with Crippen LogP contribution in [0.15, 0.2) is 36.4 Å². The van der Waals surface area contributed by atoms with Crippen LogP contribution in [0.5, 0.6) is 28.7 Å². The van der Waals surface area contributed by atoms with Gasteiger partial charge in [-0.25, -0.2) is 0 Å². The summed E-state index contributed by atoms with van der Waals surface area (Å²) in [5, 5.41) is 0. The Bertz CT molecular complexity index is 512. The van der Waals surface area contributed by atoms with Gasteiger partial charge < -0.3 is 18.9 Å². The minimum Gasteiger partial charge on any atom is -0.496 e. The second-order valence-electron chi connectivity index (χ2n) is 3.70. The van der Waals surface area contributed by atoms with Crippen LogP contribution in [-0.2, 0) is 0 Å². The summed E-state index contributed by atoms with van der Waals surface area (Å²) in [6.45, 7) is 0. The third-order valence-corrected chi connectivity index (χ3v) is 2.57. The molecule has 4 heteroatoms. The largest absolute Gasteiger partial charge is 0.496 e. The molecule has 2 aromatic rings. The molecule has 99 valence electrons. The maximum atomic E-state index is 5.79. The van der Waals surface area contributed by atoms with Gasteiger partial charge in [-0.2, -0.15) is 0 Å². The van der Waals surface area contributed by atoms with Crippen LogP contribution in [-0.4, -0.2) is 21.3 Å². The van der Waals surface area contributed by atoms with Crippen LogP contribution < -0.4 is 18.9 Å². The summed E-state index contributed by atoms with van der Waals surface area (Å²) in [5.41, 5.74) is 0. The lowest BCUT2D eigenvalue weighted by Gasteiger charge is -2.15. The van der Waals surface area contributed by atoms with E-state index >= 15 is 0 Å². The number of hydrogen-bond donors (Lipinski definition) is 0. The lowest BCUT2D eigenvalue weighted by atomic mass is 10.2. The first-order valence-electron chi connectivity index (χ1n) is 5.72.